The second kappa shape index (κ2) is 7.19. The number of ether oxygens (including phenoxy) is 1. The van der Waals surface area contributed by atoms with E-state index in [1.165, 1.54) is 19.3 Å². The van der Waals surface area contributed by atoms with Crippen LogP contribution in [0, 0.1) is 5.92 Å². The highest BCUT2D eigenvalue weighted by molar-refractivity contribution is 6.42. The molecule has 0 aliphatic heterocycles. The molecule has 3 nitrogen and oxygen atoms in total. The van der Waals surface area contributed by atoms with E-state index < -0.39 is 0 Å². The highest BCUT2D eigenvalue weighted by Gasteiger charge is 2.22. The quantitative estimate of drug-likeness (QED) is 0.909. The molecule has 0 aromatic heterocycles. The van der Waals surface area contributed by atoms with Gasteiger partial charge in [0, 0.05) is 12.1 Å². The molecule has 2 atom stereocenters. The van der Waals surface area contributed by atoms with Gasteiger partial charge < -0.3 is 10.1 Å². The van der Waals surface area contributed by atoms with Crippen molar-refractivity contribution in [1.82, 2.24) is 5.32 Å². The fraction of sp³-hybridized carbons (Fsp3) is 0.533. The summed E-state index contributed by atoms with van der Waals surface area (Å²) in [6.07, 6.45) is 4.68. The minimum atomic E-state index is -0.0881. The van der Waals surface area contributed by atoms with E-state index in [1.54, 1.807) is 18.2 Å². The zero-order valence-electron chi connectivity index (χ0n) is 11.5. The van der Waals surface area contributed by atoms with Crippen LogP contribution in [0.15, 0.2) is 18.2 Å². The predicted molar refractivity (Wildman–Crippen MR) is 81.5 cm³/mol. The van der Waals surface area contributed by atoms with Crippen LogP contribution in [-0.4, -0.2) is 18.6 Å². The van der Waals surface area contributed by atoms with Crippen LogP contribution >= 0.6 is 23.2 Å². The van der Waals surface area contributed by atoms with E-state index in [2.05, 4.69) is 12.2 Å². The molecule has 1 aromatic carbocycles. The van der Waals surface area contributed by atoms with Crippen molar-refractivity contribution in [2.45, 2.75) is 38.6 Å². The van der Waals surface area contributed by atoms with Crippen LogP contribution in [0.5, 0.6) is 5.75 Å². The lowest BCUT2D eigenvalue weighted by molar-refractivity contribution is -0.124. The maximum atomic E-state index is 11.9. The van der Waals surface area contributed by atoms with E-state index in [-0.39, 0.29) is 18.6 Å². The van der Waals surface area contributed by atoms with E-state index in [0.29, 0.717) is 21.7 Å². The van der Waals surface area contributed by atoms with E-state index in [0.717, 1.165) is 6.42 Å². The van der Waals surface area contributed by atoms with E-state index in [1.807, 2.05) is 0 Å². The van der Waals surface area contributed by atoms with Gasteiger partial charge in [0.2, 0.25) is 0 Å². The standard InChI is InChI=1S/C15H19Cl2NO2/c1-10-4-2-3-5-14(10)18-15(19)9-20-11-6-7-12(16)13(17)8-11/h6-8,10,14H,2-5,9H2,1H3,(H,18,19)/t10-,14+/m0/s1. The monoisotopic (exact) mass is 315 g/mol. The summed E-state index contributed by atoms with van der Waals surface area (Å²) in [5.41, 5.74) is 0. The van der Waals surface area contributed by atoms with E-state index in [4.69, 9.17) is 27.9 Å². The van der Waals surface area contributed by atoms with Crippen molar-refractivity contribution < 1.29 is 9.53 Å². The first-order valence-electron chi connectivity index (χ1n) is 6.93. The number of amides is 1. The summed E-state index contributed by atoms with van der Waals surface area (Å²) in [6, 6.07) is 5.24. The van der Waals surface area contributed by atoms with Crippen molar-refractivity contribution in [1.29, 1.82) is 0 Å². The number of nitrogens with one attached hydrogen (secondary N) is 1. The van der Waals surface area contributed by atoms with Gasteiger partial charge in [-0.15, -0.1) is 0 Å². The van der Waals surface area contributed by atoms with Gasteiger partial charge in [0.1, 0.15) is 5.75 Å². The maximum absolute atomic E-state index is 11.9. The Kier molecular flexibility index (Phi) is 5.55. The molecule has 0 heterocycles. The SMILES string of the molecule is C[C@H]1CCCC[C@H]1NC(=O)COc1ccc(Cl)c(Cl)c1. The van der Waals surface area contributed by atoms with E-state index >= 15 is 0 Å². The highest BCUT2D eigenvalue weighted by atomic mass is 35.5. The predicted octanol–water partition coefficient (Wildman–Crippen LogP) is 4.07. The fourth-order valence-electron chi connectivity index (χ4n) is 2.49. The van der Waals surface area contributed by atoms with Crippen LogP contribution in [0.3, 0.4) is 0 Å². The van der Waals surface area contributed by atoms with Crippen molar-refractivity contribution in [3.63, 3.8) is 0 Å². The molecule has 1 aliphatic carbocycles. The lowest BCUT2D eigenvalue weighted by atomic mass is 9.86. The Bertz CT molecular complexity index is 479. The van der Waals surface area contributed by atoms with Gasteiger partial charge in [0.05, 0.1) is 10.0 Å². The van der Waals surface area contributed by atoms with Gasteiger partial charge in [0.25, 0.3) is 5.91 Å². The van der Waals surface area contributed by atoms with Crippen LogP contribution in [0.2, 0.25) is 10.0 Å². The van der Waals surface area contributed by atoms with Crippen molar-refractivity contribution in [3.05, 3.63) is 28.2 Å². The zero-order chi connectivity index (χ0) is 14.5. The van der Waals surface area contributed by atoms with Gasteiger partial charge >= 0.3 is 0 Å². The Balaban J connectivity index is 1.81. The Morgan fingerprint density at radius 3 is 2.75 bits per heavy atom. The first-order chi connectivity index (χ1) is 9.56. The van der Waals surface area contributed by atoms with Crippen molar-refractivity contribution in [2.24, 2.45) is 5.92 Å². The van der Waals surface area contributed by atoms with Gasteiger partial charge in [-0.25, -0.2) is 0 Å². The summed E-state index contributed by atoms with van der Waals surface area (Å²) in [5.74, 6) is 0.999. The van der Waals surface area contributed by atoms with Crippen molar-refractivity contribution in [3.8, 4) is 5.75 Å². The van der Waals surface area contributed by atoms with Gasteiger partial charge in [-0.05, 0) is 30.9 Å². The molecule has 1 fully saturated rings. The van der Waals surface area contributed by atoms with Crippen LogP contribution in [0.1, 0.15) is 32.6 Å². The fourth-order valence-corrected chi connectivity index (χ4v) is 2.78. The average Bonchev–Trinajstić information content (AvgIpc) is 2.43. The molecule has 2 rings (SSSR count). The number of halogens is 2. The minimum absolute atomic E-state index is 0.00117. The summed E-state index contributed by atoms with van der Waals surface area (Å²) in [6.45, 7) is 2.19. The number of hydrogen-bond acceptors (Lipinski definition) is 2. The summed E-state index contributed by atoms with van der Waals surface area (Å²) in [7, 11) is 0. The summed E-state index contributed by atoms with van der Waals surface area (Å²) in [4.78, 5) is 11.9. The molecule has 1 aromatic rings. The Morgan fingerprint density at radius 1 is 1.30 bits per heavy atom. The van der Waals surface area contributed by atoms with Gasteiger partial charge in [-0.2, -0.15) is 0 Å². The Morgan fingerprint density at radius 2 is 2.05 bits per heavy atom. The number of carbonyl (C=O) groups excluding carboxylic acids is 1. The van der Waals surface area contributed by atoms with Gasteiger partial charge in [-0.3, -0.25) is 4.79 Å². The van der Waals surface area contributed by atoms with Crippen molar-refractivity contribution >= 4 is 29.1 Å². The molecule has 1 aliphatic rings. The molecule has 5 heteroatoms. The minimum Gasteiger partial charge on any atom is -0.484 e. The lowest BCUT2D eigenvalue weighted by Crippen LogP contribution is -2.43. The molecule has 20 heavy (non-hydrogen) atoms. The smallest absolute Gasteiger partial charge is 0.258 e. The highest BCUT2D eigenvalue weighted by Crippen LogP contribution is 2.26. The molecule has 0 saturated heterocycles. The van der Waals surface area contributed by atoms with Crippen molar-refractivity contribution in [2.75, 3.05) is 6.61 Å². The number of hydrogen-bond donors (Lipinski definition) is 1. The first kappa shape index (κ1) is 15.5. The maximum Gasteiger partial charge on any atom is 0.258 e. The summed E-state index contributed by atoms with van der Waals surface area (Å²) in [5, 5.41) is 3.94. The number of carbonyl (C=O) groups is 1. The summed E-state index contributed by atoms with van der Waals surface area (Å²) < 4.78 is 5.43. The lowest BCUT2D eigenvalue weighted by Gasteiger charge is -2.29. The third-order valence-electron chi connectivity index (χ3n) is 3.72. The second-order valence-corrected chi connectivity index (χ2v) is 6.11. The largest absolute Gasteiger partial charge is 0.484 e. The van der Waals surface area contributed by atoms with Gasteiger partial charge in [-0.1, -0.05) is 43.0 Å². The second-order valence-electron chi connectivity index (χ2n) is 5.30. The third-order valence-corrected chi connectivity index (χ3v) is 4.46. The molecule has 110 valence electrons. The molecule has 0 spiro atoms. The third kappa shape index (κ3) is 4.29. The van der Waals surface area contributed by atoms with Crippen LogP contribution in [-0.2, 0) is 4.79 Å². The summed E-state index contributed by atoms with van der Waals surface area (Å²) >= 11 is 11.7. The topological polar surface area (TPSA) is 38.3 Å². The van der Waals surface area contributed by atoms with E-state index in [9.17, 15) is 4.79 Å². The number of benzene rings is 1. The molecule has 1 saturated carbocycles. The normalized spacial score (nSPS) is 22.4. The molecular weight excluding hydrogens is 297 g/mol. The van der Waals surface area contributed by atoms with Crippen LogP contribution in [0.4, 0.5) is 0 Å². The first-order valence-corrected chi connectivity index (χ1v) is 7.69. The van der Waals surface area contributed by atoms with Gasteiger partial charge in [0.15, 0.2) is 6.61 Å². The molecule has 1 N–H and O–H groups in total. The molecule has 0 radical (unpaired) electrons. The Labute approximate surface area is 129 Å². The molecule has 1 amide bonds. The average molecular weight is 316 g/mol. The Hall–Kier alpha value is -0.930. The van der Waals surface area contributed by atoms with Crippen LogP contribution in [0.25, 0.3) is 0 Å². The molecule has 0 unspecified atom stereocenters. The zero-order valence-corrected chi connectivity index (χ0v) is 13.0. The molecule has 0 bridgehead atoms. The molecular formula is C15H19Cl2NO2. The van der Waals surface area contributed by atoms with Crippen LogP contribution < -0.4 is 10.1 Å². The number of rotatable bonds is 4.